The normalized spacial score (nSPS) is 13.8. The molecule has 4 heteroatoms. The van der Waals surface area contributed by atoms with Crippen molar-refractivity contribution in [3.05, 3.63) is 0 Å². The Kier molecular flexibility index (Phi) is 7.39. The van der Waals surface area contributed by atoms with Gasteiger partial charge in [-0.1, -0.05) is 0 Å². The summed E-state index contributed by atoms with van der Waals surface area (Å²) >= 11 is 0. The van der Waals surface area contributed by atoms with E-state index in [4.69, 9.17) is 14.9 Å². The number of rotatable bonds is 7. The lowest BCUT2D eigenvalue weighted by Crippen LogP contribution is -2.35. The second-order valence-corrected chi connectivity index (χ2v) is 2.87. The first-order valence-corrected chi connectivity index (χ1v) is 4.21. The van der Waals surface area contributed by atoms with Gasteiger partial charge in [-0.05, 0) is 6.92 Å². The predicted octanol–water partition coefficient (Wildman–Crippen LogP) is -0.692. The molecule has 2 N–H and O–H groups in total. The van der Waals surface area contributed by atoms with E-state index in [2.05, 4.69) is 0 Å². The Bertz CT molecular complexity index is 98.3. The van der Waals surface area contributed by atoms with Crippen LogP contribution in [-0.4, -0.2) is 61.2 Å². The molecule has 0 spiro atoms. The van der Waals surface area contributed by atoms with Gasteiger partial charge in [0.1, 0.15) is 0 Å². The average molecular weight is 177 g/mol. The first kappa shape index (κ1) is 11.8. The molecule has 0 rings (SSSR count). The number of hydrogen-bond acceptors (Lipinski definition) is 4. The van der Waals surface area contributed by atoms with Crippen LogP contribution in [0.15, 0.2) is 0 Å². The minimum absolute atomic E-state index is 0.121. The second kappa shape index (κ2) is 7.49. The quantitative estimate of drug-likeness (QED) is 0.540. The molecule has 1 atom stereocenters. The van der Waals surface area contributed by atoms with Crippen LogP contribution in [0.1, 0.15) is 6.92 Å². The average Bonchev–Trinajstić information content (AvgIpc) is 2.00. The fraction of sp³-hybridized carbons (Fsp3) is 1.00. The number of aliphatic hydroxyl groups excluding tert-OH is 2. The molecule has 0 aliphatic heterocycles. The molecule has 12 heavy (non-hydrogen) atoms. The Balaban J connectivity index is 3.54. The highest BCUT2D eigenvalue weighted by atomic mass is 16.5. The highest BCUT2D eigenvalue weighted by Crippen LogP contribution is 1.91. The van der Waals surface area contributed by atoms with E-state index in [0.29, 0.717) is 19.7 Å². The SMILES string of the molecule is COCCN(CCO)CC(C)O. The van der Waals surface area contributed by atoms with Gasteiger partial charge in [0.2, 0.25) is 0 Å². The summed E-state index contributed by atoms with van der Waals surface area (Å²) in [7, 11) is 1.64. The van der Waals surface area contributed by atoms with Crippen LogP contribution in [0.2, 0.25) is 0 Å². The van der Waals surface area contributed by atoms with Crippen molar-refractivity contribution in [1.29, 1.82) is 0 Å². The largest absolute Gasteiger partial charge is 0.395 e. The van der Waals surface area contributed by atoms with E-state index < -0.39 is 0 Å². The molecular weight excluding hydrogens is 158 g/mol. The van der Waals surface area contributed by atoms with Gasteiger partial charge in [-0.2, -0.15) is 0 Å². The highest BCUT2D eigenvalue weighted by Gasteiger charge is 2.06. The zero-order valence-electron chi connectivity index (χ0n) is 7.86. The summed E-state index contributed by atoms with van der Waals surface area (Å²) < 4.78 is 4.90. The molecule has 0 bridgehead atoms. The molecule has 0 aromatic carbocycles. The Hall–Kier alpha value is -0.160. The molecule has 1 unspecified atom stereocenters. The van der Waals surface area contributed by atoms with Crippen molar-refractivity contribution in [2.45, 2.75) is 13.0 Å². The van der Waals surface area contributed by atoms with E-state index in [1.165, 1.54) is 0 Å². The van der Waals surface area contributed by atoms with Gasteiger partial charge in [-0.15, -0.1) is 0 Å². The first-order chi connectivity index (χ1) is 5.70. The summed E-state index contributed by atoms with van der Waals surface area (Å²) in [6, 6.07) is 0. The van der Waals surface area contributed by atoms with Gasteiger partial charge in [-0.3, -0.25) is 4.90 Å². The van der Waals surface area contributed by atoms with Crippen LogP contribution in [0.25, 0.3) is 0 Å². The number of methoxy groups -OCH3 is 1. The van der Waals surface area contributed by atoms with Gasteiger partial charge in [0, 0.05) is 26.7 Å². The van der Waals surface area contributed by atoms with Crippen LogP contribution in [0, 0.1) is 0 Å². The monoisotopic (exact) mass is 177 g/mol. The molecular formula is C8H19NO3. The zero-order valence-corrected chi connectivity index (χ0v) is 7.86. The molecule has 0 amide bonds. The predicted molar refractivity (Wildman–Crippen MR) is 47.1 cm³/mol. The second-order valence-electron chi connectivity index (χ2n) is 2.87. The lowest BCUT2D eigenvalue weighted by atomic mass is 10.3. The fourth-order valence-electron chi connectivity index (χ4n) is 1.03. The summed E-state index contributed by atoms with van der Waals surface area (Å²) in [4.78, 5) is 1.97. The molecule has 0 aliphatic rings. The number of nitrogens with zero attached hydrogens (tertiary/aromatic N) is 1. The fourth-order valence-corrected chi connectivity index (χ4v) is 1.03. The van der Waals surface area contributed by atoms with Gasteiger partial charge in [0.25, 0.3) is 0 Å². The third kappa shape index (κ3) is 6.54. The van der Waals surface area contributed by atoms with Crippen LogP contribution < -0.4 is 0 Å². The molecule has 0 fully saturated rings. The minimum atomic E-state index is -0.353. The van der Waals surface area contributed by atoms with E-state index in [0.717, 1.165) is 6.54 Å². The van der Waals surface area contributed by atoms with Crippen LogP contribution in [0.5, 0.6) is 0 Å². The Morgan fingerprint density at radius 1 is 1.42 bits per heavy atom. The number of ether oxygens (including phenoxy) is 1. The molecule has 0 radical (unpaired) electrons. The van der Waals surface area contributed by atoms with Crippen molar-refractivity contribution in [3.63, 3.8) is 0 Å². The number of hydrogen-bond donors (Lipinski definition) is 2. The van der Waals surface area contributed by atoms with Gasteiger partial charge >= 0.3 is 0 Å². The summed E-state index contributed by atoms with van der Waals surface area (Å²) in [6.07, 6.45) is -0.353. The maximum atomic E-state index is 9.08. The van der Waals surface area contributed by atoms with Gasteiger partial charge in [-0.25, -0.2) is 0 Å². The topological polar surface area (TPSA) is 52.9 Å². The molecule has 0 aromatic rings. The third-order valence-electron chi connectivity index (χ3n) is 1.55. The van der Waals surface area contributed by atoms with Gasteiger partial charge < -0.3 is 14.9 Å². The van der Waals surface area contributed by atoms with E-state index >= 15 is 0 Å². The zero-order chi connectivity index (χ0) is 9.40. The Morgan fingerprint density at radius 3 is 2.50 bits per heavy atom. The van der Waals surface area contributed by atoms with Crippen molar-refractivity contribution in [3.8, 4) is 0 Å². The molecule has 0 aliphatic carbocycles. The van der Waals surface area contributed by atoms with Crippen LogP contribution in [-0.2, 0) is 4.74 Å². The lowest BCUT2D eigenvalue weighted by molar-refractivity contribution is 0.0860. The number of aliphatic hydroxyl groups is 2. The Labute approximate surface area is 73.8 Å². The van der Waals surface area contributed by atoms with E-state index in [1.807, 2.05) is 4.90 Å². The summed E-state index contributed by atoms with van der Waals surface area (Å²) in [5.41, 5.74) is 0. The van der Waals surface area contributed by atoms with Gasteiger partial charge in [0.15, 0.2) is 0 Å². The highest BCUT2D eigenvalue weighted by molar-refractivity contribution is 4.60. The lowest BCUT2D eigenvalue weighted by Gasteiger charge is -2.21. The maximum absolute atomic E-state index is 9.08. The van der Waals surface area contributed by atoms with Gasteiger partial charge in [0.05, 0.1) is 19.3 Å². The molecule has 0 heterocycles. The van der Waals surface area contributed by atoms with Crippen molar-refractivity contribution < 1.29 is 14.9 Å². The van der Waals surface area contributed by atoms with E-state index in [-0.39, 0.29) is 12.7 Å². The molecule has 0 aromatic heterocycles. The van der Waals surface area contributed by atoms with Crippen molar-refractivity contribution in [2.24, 2.45) is 0 Å². The van der Waals surface area contributed by atoms with E-state index in [9.17, 15) is 0 Å². The van der Waals surface area contributed by atoms with Crippen LogP contribution >= 0.6 is 0 Å². The molecule has 0 saturated carbocycles. The van der Waals surface area contributed by atoms with Crippen molar-refractivity contribution in [1.82, 2.24) is 4.90 Å². The molecule has 74 valence electrons. The van der Waals surface area contributed by atoms with Crippen molar-refractivity contribution in [2.75, 3.05) is 40.0 Å². The first-order valence-electron chi connectivity index (χ1n) is 4.21. The maximum Gasteiger partial charge on any atom is 0.0639 e. The summed E-state index contributed by atoms with van der Waals surface area (Å²) in [6.45, 7) is 4.42. The van der Waals surface area contributed by atoms with Crippen molar-refractivity contribution >= 4 is 0 Å². The third-order valence-corrected chi connectivity index (χ3v) is 1.55. The smallest absolute Gasteiger partial charge is 0.0639 e. The summed E-state index contributed by atoms with van der Waals surface area (Å²) in [5, 5.41) is 17.8. The minimum Gasteiger partial charge on any atom is -0.395 e. The Morgan fingerprint density at radius 2 is 2.08 bits per heavy atom. The van der Waals surface area contributed by atoms with Crippen LogP contribution in [0.3, 0.4) is 0 Å². The standard InChI is InChI=1S/C8H19NO3/c1-8(11)7-9(3-5-10)4-6-12-2/h8,10-11H,3-7H2,1-2H3. The molecule has 4 nitrogen and oxygen atoms in total. The molecule has 0 saturated heterocycles. The van der Waals surface area contributed by atoms with Crippen LogP contribution in [0.4, 0.5) is 0 Å². The summed E-state index contributed by atoms with van der Waals surface area (Å²) in [5.74, 6) is 0. The van der Waals surface area contributed by atoms with E-state index in [1.54, 1.807) is 14.0 Å².